The summed E-state index contributed by atoms with van der Waals surface area (Å²) in [6.07, 6.45) is 20.0. The van der Waals surface area contributed by atoms with Crippen molar-refractivity contribution in [3.63, 3.8) is 0 Å². The van der Waals surface area contributed by atoms with Gasteiger partial charge in [-0.2, -0.15) is 0 Å². The number of quaternary nitrogens is 1. The van der Waals surface area contributed by atoms with Crippen LogP contribution in [0.15, 0.2) is 12.7 Å². The molecule has 0 aliphatic rings. The lowest BCUT2D eigenvalue weighted by atomic mass is 10.1. The third-order valence-corrected chi connectivity index (χ3v) is 5.03. The second-order valence-electron chi connectivity index (χ2n) is 8.05. The van der Waals surface area contributed by atoms with Crippen LogP contribution in [0.25, 0.3) is 0 Å². The minimum absolute atomic E-state index is 0.181. The summed E-state index contributed by atoms with van der Waals surface area (Å²) < 4.78 is 1.04. The molecule has 0 aromatic carbocycles. The summed E-state index contributed by atoms with van der Waals surface area (Å²) in [5.74, 6) is 0.181. The molecular formula is C22H44NO+. The number of carbonyl (C=O) groups excluding carboxylic acids is 1. The van der Waals surface area contributed by atoms with E-state index in [2.05, 4.69) is 27.6 Å². The van der Waals surface area contributed by atoms with Gasteiger partial charge in [0, 0.05) is 12.8 Å². The van der Waals surface area contributed by atoms with Crippen LogP contribution in [-0.4, -0.2) is 37.5 Å². The van der Waals surface area contributed by atoms with E-state index in [1.165, 1.54) is 89.7 Å². The zero-order chi connectivity index (χ0) is 18.1. The molecule has 2 nitrogen and oxygen atoms in total. The summed E-state index contributed by atoms with van der Waals surface area (Å²) in [5.41, 5.74) is 0. The maximum Gasteiger partial charge on any atom is 0.155 e. The van der Waals surface area contributed by atoms with Crippen molar-refractivity contribution in [3.05, 3.63) is 12.7 Å². The Labute approximate surface area is 152 Å². The molecule has 0 saturated carbocycles. The maximum atomic E-state index is 11.2. The van der Waals surface area contributed by atoms with Gasteiger partial charge >= 0.3 is 0 Å². The van der Waals surface area contributed by atoms with Crippen molar-refractivity contribution in [2.45, 2.75) is 96.8 Å². The van der Waals surface area contributed by atoms with E-state index in [0.717, 1.165) is 17.4 Å². The lowest BCUT2D eigenvalue weighted by Gasteiger charge is -2.29. The van der Waals surface area contributed by atoms with E-state index in [0.29, 0.717) is 6.42 Å². The Balaban J connectivity index is 3.35. The molecule has 0 amide bonds. The van der Waals surface area contributed by atoms with Gasteiger partial charge in [0.15, 0.2) is 5.78 Å². The highest BCUT2D eigenvalue weighted by molar-refractivity contribution is 5.88. The van der Waals surface area contributed by atoms with Crippen LogP contribution in [0.4, 0.5) is 0 Å². The van der Waals surface area contributed by atoms with Crippen molar-refractivity contribution >= 4 is 5.78 Å². The summed E-state index contributed by atoms with van der Waals surface area (Å²) in [6.45, 7) is 8.15. The number of unbranched alkanes of at least 4 members (excludes halogenated alkanes) is 11. The quantitative estimate of drug-likeness (QED) is 0.163. The zero-order valence-corrected chi connectivity index (χ0v) is 17.0. The van der Waals surface area contributed by atoms with Crippen LogP contribution < -0.4 is 0 Å². The Morgan fingerprint density at radius 2 is 1.17 bits per heavy atom. The monoisotopic (exact) mass is 338 g/mol. The molecule has 0 aromatic rings. The fraction of sp³-hybridized carbons (Fsp3) is 0.864. The molecule has 0 saturated heterocycles. The number of ketones is 1. The summed E-state index contributed by atoms with van der Waals surface area (Å²) in [6, 6.07) is 0. The second kappa shape index (κ2) is 15.9. The van der Waals surface area contributed by atoms with E-state index >= 15 is 0 Å². The molecule has 0 spiro atoms. The van der Waals surface area contributed by atoms with Crippen LogP contribution in [0.1, 0.15) is 96.8 Å². The minimum Gasteiger partial charge on any atom is -0.328 e. The molecule has 0 radical (unpaired) electrons. The Bertz CT molecular complexity index is 309. The van der Waals surface area contributed by atoms with Gasteiger partial charge in [-0.25, -0.2) is 0 Å². The van der Waals surface area contributed by atoms with Gasteiger partial charge in [0.2, 0.25) is 0 Å². The molecule has 0 fully saturated rings. The highest BCUT2D eigenvalue weighted by Gasteiger charge is 2.14. The van der Waals surface area contributed by atoms with Crippen LogP contribution in [0.2, 0.25) is 0 Å². The molecule has 0 rings (SSSR count). The molecule has 0 heterocycles. The lowest BCUT2D eigenvalue weighted by molar-refractivity contribution is -0.890. The molecule has 0 bridgehead atoms. The molecule has 0 atom stereocenters. The first-order valence-corrected chi connectivity index (χ1v) is 10.5. The van der Waals surface area contributed by atoms with Gasteiger partial charge in [-0.3, -0.25) is 4.79 Å². The molecule has 0 aliphatic carbocycles. The Kier molecular flexibility index (Phi) is 15.5. The number of rotatable bonds is 18. The smallest absolute Gasteiger partial charge is 0.155 e. The van der Waals surface area contributed by atoms with Gasteiger partial charge in [-0.05, 0) is 18.9 Å². The van der Waals surface area contributed by atoms with Crippen LogP contribution >= 0.6 is 0 Å². The van der Waals surface area contributed by atoms with E-state index in [1.54, 1.807) is 0 Å². The molecule has 24 heavy (non-hydrogen) atoms. The van der Waals surface area contributed by atoms with Gasteiger partial charge < -0.3 is 4.48 Å². The van der Waals surface area contributed by atoms with Gasteiger partial charge in [0.25, 0.3) is 0 Å². The van der Waals surface area contributed by atoms with E-state index < -0.39 is 0 Å². The average molecular weight is 339 g/mol. The first kappa shape index (κ1) is 23.4. The first-order valence-electron chi connectivity index (χ1n) is 10.5. The van der Waals surface area contributed by atoms with Crippen molar-refractivity contribution in [2.75, 3.05) is 27.2 Å². The number of nitrogens with zero attached hydrogens (tertiary/aromatic N) is 1. The zero-order valence-electron chi connectivity index (χ0n) is 17.0. The first-order chi connectivity index (χ1) is 11.5. The van der Waals surface area contributed by atoms with E-state index in [9.17, 15) is 4.79 Å². The average Bonchev–Trinajstić information content (AvgIpc) is 2.55. The van der Waals surface area contributed by atoms with E-state index in [4.69, 9.17) is 0 Å². The van der Waals surface area contributed by atoms with Crippen molar-refractivity contribution < 1.29 is 9.28 Å². The maximum absolute atomic E-state index is 11.2. The number of carbonyl (C=O) groups is 1. The van der Waals surface area contributed by atoms with Gasteiger partial charge in [-0.1, -0.05) is 77.7 Å². The van der Waals surface area contributed by atoms with Gasteiger partial charge in [0.1, 0.15) is 0 Å². The Hall–Kier alpha value is -0.630. The largest absolute Gasteiger partial charge is 0.328 e. The minimum atomic E-state index is 0.181. The lowest BCUT2D eigenvalue weighted by Crippen LogP contribution is -2.41. The second-order valence-corrected chi connectivity index (χ2v) is 8.05. The fourth-order valence-corrected chi connectivity index (χ4v) is 3.28. The molecule has 2 heteroatoms. The van der Waals surface area contributed by atoms with Crippen molar-refractivity contribution in [1.29, 1.82) is 0 Å². The van der Waals surface area contributed by atoms with Gasteiger partial charge in [-0.15, -0.1) is 0 Å². The van der Waals surface area contributed by atoms with Crippen molar-refractivity contribution in [2.24, 2.45) is 0 Å². The number of hydrogen-bond donors (Lipinski definition) is 0. The SMILES string of the molecule is C=CC(=O)CCC[N+](C)(C)CCCCCCCCCCCCCC. The highest BCUT2D eigenvalue weighted by atomic mass is 16.1. The van der Waals surface area contributed by atoms with Crippen LogP contribution in [0, 0.1) is 0 Å². The van der Waals surface area contributed by atoms with Crippen LogP contribution in [0.5, 0.6) is 0 Å². The summed E-state index contributed by atoms with van der Waals surface area (Å²) >= 11 is 0. The van der Waals surface area contributed by atoms with E-state index in [-0.39, 0.29) is 5.78 Å². The highest BCUT2D eigenvalue weighted by Crippen LogP contribution is 2.13. The number of allylic oxidation sites excluding steroid dienone is 1. The Morgan fingerprint density at radius 3 is 1.62 bits per heavy atom. The van der Waals surface area contributed by atoms with Gasteiger partial charge in [0.05, 0.1) is 27.2 Å². The molecule has 0 N–H and O–H groups in total. The Morgan fingerprint density at radius 1 is 0.750 bits per heavy atom. The van der Waals surface area contributed by atoms with Crippen LogP contribution in [-0.2, 0) is 4.79 Å². The standard InChI is InChI=1S/C22H44NO/c1-5-7-8-9-10-11-12-13-14-15-16-17-20-23(3,4)21-18-19-22(24)6-2/h6H,2,5,7-21H2,1,3-4H3/q+1. The summed E-state index contributed by atoms with van der Waals surface area (Å²) in [4.78, 5) is 11.2. The van der Waals surface area contributed by atoms with Crippen molar-refractivity contribution in [1.82, 2.24) is 0 Å². The van der Waals surface area contributed by atoms with Crippen molar-refractivity contribution in [3.8, 4) is 0 Å². The topological polar surface area (TPSA) is 17.1 Å². The normalized spacial score (nSPS) is 11.6. The van der Waals surface area contributed by atoms with E-state index in [1.807, 2.05) is 0 Å². The predicted octanol–water partition coefficient (Wildman–Crippen LogP) is 6.30. The third-order valence-electron chi connectivity index (χ3n) is 5.03. The summed E-state index contributed by atoms with van der Waals surface area (Å²) in [5, 5.41) is 0. The molecule has 0 unspecified atom stereocenters. The predicted molar refractivity (Wildman–Crippen MR) is 107 cm³/mol. The molecule has 142 valence electrons. The molecule has 0 aromatic heterocycles. The summed E-state index contributed by atoms with van der Waals surface area (Å²) in [7, 11) is 4.58. The molecule has 0 aliphatic heterocycles. The number of hydrogen-bond acceptors (Lipinski definition) is 1. The molecular weight excluding hydrogens is 294 g/mol. The fourth-order valence-electron chi connectivity index (χ4n) is 3.28. The van der Waals surface area contributed by atoms with Crippen LogP contribution in [0.3, 0.4) is 0 Å². The third kappa shape index (κ3) is 16.2.